The summed E-state index contributed by atoms with van der Waals surface area (Å²) in [6.45, 7) is 0.485. The zero-order valence-corrected chi connectivity index (χ0v) is 17.4. The molecular weight excluding hydrogens is 394 g/mol. The van der Waals surface area contributed by atoms with Crippen molar-refractivity contribution in [2.24, 2.45) is 4.99 Å². The zero-order valence-electron chi connectivity index (χ0n) is 16.6. The van der Waals surface area contributed by atoms with Gasteiger partial charge in [-0.2, -0.15) is 0 Å². The predicted molar refractivity (Wildman–Crippen MR) is 121 cm³/mol. The highest BCUT2D eigenvalue weighted by Crippen LogP contribution is 2.28. The van der Waals surface area contributed by atoms with Crippen molar-refractivity contribution in [3.05, 3.63) is 102 Å². The molecule has 6 heteroatoms. The first-order valence-corrected chi connectivity index (χ1v) is 10.5. The molecule has 4 rings (SSSR count). The molecule has 3 aromatic rings. The van der Waals surface area contributed by atoms with Crippen LogP contribution in [0.4, 0.5) is 0 Å². The number of carbonyl (C=O) groups excluding carboxylic acids is 1. The maximum atomic E-state index is 13.2. The maximum absolute atomic E-state index is 13.2. The molecule has 0 atom stereocenters. The molecule has 1 amide bonds. The van der Waals surface area contributed by atoms with Gasteiger partial charge in [0.1, 0.15) is 11.4 Å². The second-order valence-corrected chi connectivity index (χ2v) is 7.67. The lowest BCUT2D eigenvalue weighted by atomic mass is 10.1. The molecule has 0 bridgehead atoms. The van der Waals surface area contributed by atoms with E-state index < -0.39 is 0 Å². The van der Waals surface area contributed by atoms with E-state index in [0.717, 1.165) is 22.4 Å². The highest BCUT2D eigenvalue weighted by molar-refractivity contribution is 8.13. The lowest BCUT2D eigenvalue weighted by molar-refractivity contribution is -0.122. The fraction of sp³-hybridized carbons (Fsp3) is 0.125. The Kier molecular flexibility index (Phi) is 6.25. The fourth-order valence-electron chi connectivity index (χ4n) is 3.04. The fourth-order valence-corrected chi connectivity index (χ4v) is 3.97. The van der Waals surface area contributed by atoms with E-state index in [-0.39, 0.29) is 5.91 Å². The maximum Gasteiger partial charge on any atom is 0.278 e. The largest absolute Gasteiger partial charge is 0.497 e. The molecule has 2 heterocycles. The third kappa shape index (κ3) is 4.78. The van der Waals surface area contributed by atoms with Gasteiger partial charge in [-0.3, -0.25) is 14.7 Å². The monoisotopic (exact) mass is 415 g/mol. The number of nitrogens with zero attached hydrogens (tertiary/aromatic N) is 3. The van der Waals surface area contributed by atoms with Gasteiger partial charge in [0.2, 0.25) is 0 Å². The van der Waals surface area contributed by atoms with Crippen LogP contribution in [0.5, 0.6) is 5.75 Å². The Morgan fingerprint density at radius 2 is 1.77 bits per heavy atom. The Bertz CT molecular complexity index is 1060. The lowest BCUT2D eigenvalue weighted by Gasteiger charge is -2.17. The van der Waals surface area contributed by atoms with E-state index in [1.54, 1.807) is 30.0 Å². The van der Waals surface area contributed by atoms with Crippen molar-refractivity contribution in [3.8, 4) is 5.75 Å². The van der Waals surface area contributed by atoms with Crippen LogP contribution in [0.15, 0.2) is 89.8 Å². The summed E-state index contributed by atoms with van der Waals surface area (Å²) in [5, 5.41) is 0.701. The number of methoxy groups -OCH3 is 1. The van der Waals surface area contributed by atoms with E-state index >= 15 is 0 Å². The Morgan fingerprint density at radius 3 is 2.47 bits per heavy atom. The minimum atomic E-state index is -0.0941. The zero-order chi connectivity index (χ0) is 20.8. The predicted octanol–water partition coefficient (Wildman–Crippen LogP) is 4.76. The molecule has 5 nitrogen and oxygen atoms in total. The van der Waals surface area contributed by atoms with Gasteiger partial charge >= 0.3 is 0 Å². The van der Waals surface area contributed by atoms with Crippen molar-refractivity contribution in [2.45, 2.75) is 12.3 Å². The summed E-state index contributed by atoms with van der Waals surface area (Å²) >= 11 is 1.54. The molecule has 0 saturated heterocycles. The van der Waals surface area contributed by atoms with Gasteiger partial charge in [-0.05, 0) is 41.0 Å². The van der Waals surface area contributed by atoms with Crippen LogP contribution in [0.1, 0.15) is 16.7 Å². The normalized spacial score (nSPS) is 14.8. The molecule has 0 unspecified atom stereocenters. The molecule has 0 spiro atoms. The van der Waals surface area contributed by atoms with Crippen LogP contribution < -0.4 is 4.74 Å². The molecule has 0 radical (unpaired) electrons. The van der Waals surface area contributed by atoms with Crippen LogP contribution in [0.2, 0.25) is 0 Å². The smallest absolute Gasteiger partial charge is 0.278 e. The second kappa shape index (κ2) is 9.41. The number of ether oxygens (including phenoxy) is 1. The van der Waals surface area contributed by atoms with Crippen molar-refractivity contribution in [2.75, 3.05) is 7.11 Å². The van der Waals surface area contributed by atoms with Crippen LogP contribution in [0.3, 0.4) is 0 Å². The summed E-state index contributed by atoms with van der Waals surface area (Å²) in [4.78, 5) is 23.7. The molecule has 0 saturated carbocycles. The molecule has 150 valence electrons. The van der Waals surface area contributed by atoms with Crippen molar-refractivity contribution in [1.29, 1.82) is 0 Å². The topological polar surface area (TPSA) is 54.8 Å². The number of aromatic nitrogens is 1. The van der Waals surface area contributed by atoms with E-state index in [1.165, 1.54) is 0 Å². The Morgan fingerprint density at radius 1 is 1.00 bits per heavy atom. The summed E-state index contributed by atoms with van der Waals surface area (Å²) in [5.41, 5.74) is 3.49. The number of benzene rings is 2. The van der Waals surface area contributed by atoms with Crippen molar-refractivity contribution in [1.82, 2.24) is 9.88 Å². The summed E-state index contributed by atoms with van der Waals surface area (Å²) in [6.07, 6.45) is 5.40. The molecule has 0 aliphatic carbocycles. The number of amides is 1. The average molecular weight is 416 g/mol. The van der Waals surface area contributed by atoms with Crippen LogP contribution in [-0.2, 0) is 17.1 Å². The summed E-state index contributed by atoms with van der Waals surface area (Å²) < 4.78 is 5.20. The van der Waals surface area contributed by atoms with Gasteiger partial charge in [0.15, 0.2) is 5.17 Å². The third-order valence-electron chi connectivity index (χ3n) is 4.60. The molecule has 1 aliphatic heterocycles. The number of hydrogen-bond donors (Lipinski definition) is 0. The highest BCUT2D eigenvalue weighted by atomic mass is 32.2. The first-order valence-electron chi connectivity index (χ1n) is 9.55. The van der Waals surface area contributed by atoms with E-state index in [1.807, 2.05) is 79.0 Å². The summed E-state index contributed by atoms with van der Waals surface area (Å²) in [6, 6.07) is 21.5. The summed E-state index contributed by atoms with van der Waals surface area (Å²) in [5.74, 6) is 1.38. The molecule has 0 N–H and O–H groups in total. The van der Waals surface area contributed by atoms with Crippen LogP contribution >= 0.6 is 11.8 Å². The Labute approximate surface area is 180 Å². The second-order valence-electron chi connectivity index (χ2n) is 6.72. The SMILES string of the molecule is COc1ccc(/C=C2/N=C(SCc3cccnc3)N(Cc3ccccc3)C2=O)cc1. The lowest BCUT2D eigenvalue weighted by Crippen LogP contribution is -2.30. The van der Waals surface area contributed by atoms with Crippen molar-refractivity contribution in [3.63, 3.8) is 0 Å². The van der Waals surface area contributed by atoms with E-state index in [4.69, 9.17) is 4.74 Å². The molecule has 2 aromatic carbocycles. The number of rotatable bonds is 6. The van der Waals surface area contributed by atoms with Gasteiger partial charge in [0.05, 0.1) is 13.7 Å². The van der Waals surface area contributed by atoms with Crippen LogP contribution in [0.25, 0.3) is 6.08 Å². The first kappa shape index (κ1) is 19.9. The molecule has 0 fully saturated rings. The van der Waals surface area contributed by atoms with E-state index in [2.05, 4.69) is 9.98 Å². The van der Waals surface area contributed by atoms with Gasteiger partial charge in [-0.25, -0.2) is 4.99 Å². The quantitative estimate of drug-likeness (QED) is 0.545. The number of hydrogen-bond acceptors (Lipinski definition) is 5. The van der Waals surface area contributed by atoms with Gasteiger partial charge in [-0.15, -0.1) is 0 Å². The molecule has 1 aliphatic rings. The van der Waals surface area contributed by atoms with Gasteiger partial charge in [-0.1, -0.05) is 60.3 Å². The first-order chi connectivity index (χ1) is 14.7. The average Bonchev–Trinajstić information content (AvgIpc) is 3.08. The van der Waals surface area contributed by atoms with E-state index in [9.17, 15) is 4.79 Å². The highest BCUT2D eigenvalue weighted by Gasteiger charge is 2.30. The number of aliphatic imine (C=N–C) groups is 1. The minimum Gasteiger partial charge on any atom is -0.497 e. The molecular formula is C24H21N3O2S. The van der Waals surface area contributed by atoms with Crippen molar-refractivity contribution >= 4 is 28.9 Å². The Hall–Kier alpha value is -3.38. The van der Waals surface area contributed by atoms with E-state index in [0.29, 0.717) is 23.2 Å². The Balaban J connectivity index is 1.59. The van der Waals surface area contributed by atoms with Crippen LogP contribution in [-0.4, -0.2) is 28.1 Å². The number of pyridine rings is 1. The number of carbonyl (C=O) groups is 1. The number of amidine groups is 1. The summed E-state index contributed by atoms with van der Waals surface area (Å²) in [7, 11) is 1.63. The van der Waals surface area contributed by atoms with Crippen LogP contribution in [0, 0.1) is 0 Å². The number of thioether (sulfide) groups is 1. The molecule has 30 heavy (non-hydrogen) atoms. The third-order valence-corrected chi connectivity index (χ3v) is 5.65. The van der Waals surface area contributed by atoms with Crippen molar-refractivity contribution < 1.29 is 9.53 Å². The minimum absolute atomic E-state index is 0.0941. The van der Waals surface area contributed by atoms with Gasteiger partial charge < -0.3 is 4.74 Å². The molecule has 1 aromatic heterocycles. The van der Waals surface area contributed by atoms with Gasteiger partial charge in [0, 0.05) is 18.1 Å². The standard InChI is InChI=1S/C24H21N3O2S/c1-29-21-11-9-18(10-12-21)14-22-23(28)27(16-19-6-3-2-4-7-19)24(26-22)30-17-20-8-5-13-25-15-20/h2-15H,16-17H2,1H3/b22-14+. The van der Waals surface area contributed by atoms with Gasteiger partial charge in [0.25, 0.3) is 5.91 Å².